The van der Waals surface area contributed by atoms with Gasteiger partial charge in [0.2, 0.25) is 5.91 Å². The molecular formula is C21H27FN4O4S. The molecule has 8 nitrogen and oxygen atoms in total. The lowest BCUT2D eigenvalue weighted by atomic mass is 9.93. The predicted molar refractivity (Wildman–Crippen MR) is 116 cm³/mol. The Hall–Kier alpha value is -2.56. The van der Waals surface area contributed by atoms with E-state index >= 15 is 0 Å². The van der Waals surface area contributed by atoms with Gasteiger partial charge in [-0.25, -0.2) is 9.37 Å². The van der Waals surface area contributed by atoms with Crippen molar-refractivity contribution < 1.29 is 23.8 Å². The van der Waals surface area contributed by atoms with Crippen molar-refractivity contribution in [3.63, 3.8) is 0 Å². The van der Waals surface area contributed by atoms with Gasteiger partial charge in [0.25, 0.3) is 5.91 Å². The van der Waals surface area contributed by atoms with Crippen LogP contribution in [0.1, 0.15) is 28.2 Å². The number of halogens is 1. The van der Waals surface area contributed by atoms with E-state index in [-0.39, 0.29) is 37.3 Å². The highest BCUT2D eigenvalue weighted by molar-refractivity contribution is 7.17. The minimum absolute atomic E-state index is 0.0540. The van der Waals surface area contributed by atoms with Crippen molar-refractivity contribution in [3.8, 4) is 5.75 Å². The minimum atomic E-state index is -1.10. The molecule has 2 amide bonds. The number of aliphatic hydroxyl groups is 1. The average Bonchev–Trinajstić information content (AvgIpc) is 3.06. The smallest absolute Gasteiger partial charge is 0.265 e. The molecule has 0 saturated carbocycles. The van der Waals surface area contributed by atoms with Crippen molar-refractivity contribution in [3.05, 3.63) is 40.7 Å². The molecule has 1 atom stereocenters. The van der Waals surface area contributed by atoms with Crippen LogP contribution in [0.3, 0.4) is 0 Å². The monoisotopic (exact) mass is 450 g/mol. The summed E-state index contributed by atoms with van der Waals surface area (Å²) in [4.78, 5) is 32.7. The largest absolute Gasteiger partial charge is 0.491 e. The van der Waals surface area contributed by atoms with Crippen LogP contribution >= 0.6 is 11.3 Å². The van der Waals surface area contributed by atoms with E-state index in [1.54, 1.807) is 21.0 Å². The summed E-state index contributed by atoms with van der Waals surface area (Å²) in [7, 11) is 3.33. The Morgan fingerprint density at radius 1 is 1.35 bits per heavy atom. The molecule has 1 aromatic heterocycles. The zero-order valence-corrected chi connectivity index (χ0v) is 18.7. The highest BCUT2D eigenvalue weighted by atomic mass is 32.1. The number of benzene rings is 1. The number of β-amino-alcohol motifs (C(OH)–C–C–N with tert-alkyl or cyclic N) is 1. The fourth-order valence-corrected chi connectivity index (χ4v) is 4.42. The SMILES string of the molecule is Cc1nc(NC(=O)CN2CCCC(O)(COc3ccc(F)cc3)C2)sc1C(=O)N(C)C. The lowest BCUT2D eigenvalue weighted by Crippen LogP contribution is -2.53. The first kappa shape index (κ1) is 23.1. The van der Waals surface area contributed by atoms with Gasteiger partial charge in [-0.1, -0.05) is 11.3 Å². The molecule has 3 rings (SSSR count). The molecule has 2 heterocycles. The second kappa shape index (κ2) is 9.71. The Labute approximate surface area is 184 Å². The average molecular weight is 451 g/mol. The molecule has 2 N–H and O–H groups in total. The van der Waals surface area contributed by atoms with Gasteiger partial charge in [-0.2, -0.15) is 0 Å². The molecule has 0 bridgehead atoms. The number of likely N-dealkylation sites (tertiary alicyclic amines) is 1. The molecule has 1 aromatic carbocycles. The van der Waals surface area contributed by atoms with Crippen molar-refractivity contribution in [2.24, 2.45) is 0 Å². The van der Waals surface area contributed by atoms with E-state index < -0.39 is 5.60 Å². The van der Waals surface area contributed by atoms with E-state index in [2.05, 4.69) is 10.3 Å². The molecule has 1 unspecified atom stereocenters. The highest BCUT2D eigenvalue weighted by Crippen LogP contribution is 2.25. The quantitative estimate of drug-likeness (QED) is 0.671. The molecule has 2 aromatic rings. The normalized spacial score (nSPS) is 19.1. The molecule has 1 saturated heterocycles. The molecule has 0 aliphatic carbocycles. The maximum Gasteiger partial charge on any atom is 0.265 e. The maximum atomic E-state index is 13.0. The van der Waals surface area contributed by atoms with E-state index in [1.165, 1.54) is 29.2 Å². The number of nitrogens with one attached hydrogen (secondary N) is 1. The van der Waals surface area contributed by atoms with Gasteiger partial charge in [-0.15, -0.1) is 0 Å². The zero-order valence-electron chi connectivity index (χ0n) is 17.9. The van der Waals surface area contributed by atoms with Crippen LogP contribution in [0, 0.1) is 12.7 Å². The number of amides is 2. The van der Waals surface area contributed by atoms with Gasteiger partial charge in [-0.3, -0.25) is 14.5 Å². The van der Waals surface area contributed by atoms with Crippen LogP contribution in [0.2, 0.25) is 0 Å². The van der Waals surface area contributed by atoms with Crippen molar-refractivity contribution >= 4 is 28.3 Å². The molecule has 0 spiro atoms. The molecule has 1 aliphatic rings. The predicted octanol–water partition coefficient (Wildman–Crippen LogP) is 2.14. The molecule has 1 fully saturated rings. The Kier molecular flexibility index (Phi) is 7.24. The van der Waals surface area contributed by atoms with Gasteiger partial charge >= 0.3 is 0 Å². The first-order chi connectivity index (χ1) is 14.6. The number of carbonyl (C=O) groups is 2. The fourth-order valence-electron chi connectivity index (χ4n) is 3.42. The van der Waals surface area contributed by atoms with Gasteiger partial charge in [0.1, 0.15) is 28.7 Å². The first-order valence-electron chi connectivity index (χ1n) is 9.97. The van der Waals surface area contributed by atoms with Crippen LogP contribution in [-0.2, 0) is 4.79 Å². The summed E-state index contributed by atoms with van der Waals surface area (Å²) in [6, 6.07) is 5.62. The van der Waals surface area contributed by atoms with Crippen molar-refractivity contribution in [2.45, 2.75) is 25.4 Å². The van der Waals surface area contributed by atoms with E-state index in [1.807, 2.05) is 4.90 Å². The standard InChI is InChI=1S/C21H27FN4O4S/c1-14-18(19(28)25(2)3)31-20(23-14)24-17(27)11-26-10-4-9-21(29,12-26)13-30-16-7-5-15(22)6-8-16/h5-8,29H,4,9-13H2,1-3H3,(H,23,24,27). The maximum absolute atomic E-state index is 13.0. The van der Waals surface area contributed by atoms with E-state index in [4.69, 9.17) is 4.74 Å². The van der Waals surface area contributed by atoms with Gasteiger partial charge < -0.3 is 20.1 Å². The van der Waals surface area contributed by atoms with Crippen LogP contribution in [-0.4, -0.2) is 77.6 Å². The van der Waals surface area contributed by atoms with Crippen LogP contribution in [0.15, 0.2) is 24.3 Å². The van der Waals surface area contributed by atoms with Gasteiger partial charge in [0.15, 0.2) is 5.13 Å². The number of rotatable bonds is 7. The number of anilines is 1. The number of nitrogens with zero attached hydrogens (tertiary/aromatic N) is 3. The fraction of sp³-hybridized carbons (Fsp3) is 0.476. The number of hydrogen-bond donors (Lipinski definition) is 2. The summed E-state index contributed by atoms with van der Waals surface area (Å²) in [6.07, 6.45) is 1.27. The lowest BCUT2D eigenvalue weighted by Gasteiger charge is -2.38. The molecular weight excluding hydrogens is 423 g/mol. The molecule has 1 aliphatic heterocycles. The molecule has 0 radical (unpaired) electrons. The van der Waals surface area contributed by atoms with Crippen molar-refractivity contribution in [1.82, 2.24) is 14.8 Å². The van der Waals surface area contributed by atoms with Crippen molar-refractivity contribution in [1.29, 1.82) is 0 Å². The number of aryl methyl sites for hydroxylation is 1. The molecule has 10 heteroatoms. The van der Waals surface area contributed by atoms with Crippen LogP contribution in [0.4, 0.5) is 9.52 Å². The van der Waals surface area contributed by atoms with E-state index in [0.29, 0.717) is 40.8 Å². The summed E-state index contributed by atoms with van der Waals surface area (Å²) in [5, 5.41) is 14.0. The molecule has 168 valence electrons. The van der Waals surface area contributed by atoms with Gasteiger partial charge in [-0.05, 0) is 50.6 Å². The van der Waals surface area contributed by atoms with E-state index in [0.717, 1.165) is 11.3 Å². The number of piperidine rings is 1. The van der Waals surface area contributed by atoms with E-state index in [9.17, 15) is 19.1 Å². The molecule has 31 heavy (non-hydrogen) atoms. The Morgan fingerprint density at radius 3 is 2.74 bits per heavy atom. The van der Waals surface area contributed by atoms with Crippen LogP contribution in [0.5, 0.6) is 5.75 Å². The van der Waals surface area contributed by atoms with Gasteiger partial charge in [0.05, 0.1) is 12.2 Å². The highest BCUT2D eigenvalue weighted by Gasteiger charge is 2.35. The summed E-state index contributed by atoms with van der Waals surface area (Å²) in [5.74, 6) is -0.291. The summed E-state index contributed by atoms with van der Waals surface area (Å²) < 4.78 is 18.6. The number of thiazole rings is 1. The lowest BCUT2D eigenvalue weighted by molar-refractivity contribution is -0.119. The topological polar surface area (TPSA) is 95.0 Å². The number of hydrogen-bond acceptors (Lipinski definition) is 7. The third-order valence-corrected chi connectivity index (χ3v) is 6.03. The second-order valence-electron chi connectivity index (χ2n) is 7.96. The number of carbonyl (C=O) groups excluding carboxylic acids is 2. The Morgan fingerprint density at radius 2 is 2.06 bits per heavy atom. The second-order valence-corrected chi connectivity index (χ2v) is 8.96. The zero-order chi connectivity index (χ0) is 22.6. The van der Waals surface area contributed by atoms with Gasteiger partial charge in [0, 0.05) is 20.6 Å². The summed E-state index contributed by atoms with van der Waals surface area (Å²) in [6.45, 7) is 2.83. The van der Waals surface area contributed by atoms with Crippen LogP contribution in [0.25, 0.3) is 0 Å². The van der Waals surface area contributed by atoms with Crippen molar-refractivity contribution in [2.75, 3.05) is 45.7 Å². The third-order valence-electron chi connectivity index (χ3n) is 4.97. The number of aromatic nitrogens is 1. The summed E-state index contributed by atoms with van der Waals surface area (Å²) >= 11 is 1.14. The minimum Gasteiger partial charge on any atom is -0.491 e. The third kappa shape index (κ3) is 6.22. The Balaban J connectivity index is 1.53. The Bertz CT molecular complexity index is 934. The summed E-state index contributed by atoms with van der Waals surface area (Å²) in [5.41, 5.74) is -0.528. The van der Waals surface area contributed by atoms with Crippen LogP contribution < -0.4 is 10.1 Å². The first-order valence-corrected chi connectivity index (χ1v) is 10.8. The number of ether oxygens (including phenoxy) is 1.